The molecule has 2 N–H and O–H groups in total. The van der Waals surface area contributed by atoms with Crippen molar-refractivity contribution in [2.75, 3.05) is 11.9 Å². The van der Waals surface area contributed by atoms with Gasteiger partial charge in [-0.3, -0.25) is 0 Å². The highest BCUT2D eigenvalue weighted by atomic mass is 16.2. The number of hydrogen-bond acceptors (Lipinski definition) is 1. The number of urea groups is 1. The van der Waals surface area contributed by atoms with Crippen LogP contribution in [0.15, 0.2) is 24.3 Å². The van der Waals surface area contributed by atoms with Gasteiger partial charge in [0.05, 0.1) is 0 Å². The molecule has 0 bridgehead atoms. The molecule has 1 rings (SSSR count). The predicted molar refractivity (Wildman–Crippen MR) is 119 cm³/mol. The molecule has 27 heavy (non-hydrogen) atoms. The first kappa shape index (κ1) is 23.5. The summed E-state index contributed by atoms with van der Waals surface area (Å²) in [5, 5.41) is 5.81. The first-order chi connectivity index (χ1) is 13.2. The predicted octanol–water partition coefficient (Wildman–Crippen LogP) is 7.60. The van der Waals surface area contributed by atoms with E-state index in [2.05, 4.69) is 17.6 Å². The van der Waals surface area contributed by atoms with Crippen molar-refractivity contribution in [1.82, 2.24) is 5.32 Å². The highest BCUT2D eigenvalue weighted by Gasteiger charge is 2.00. The lowest BCUT2D eigenvalue weighted by atomic mass is 10.0. The molecule has 3 nitrogen and oxygen atoms in total. The number of carbonyl (C=O) groups excluding carboxylic acids is 1. The van der Waals surface area contributed by atoms with Crippen LogP contribution >= 0.6 is 0 Å². The van der Waals surface area contributed by atoms with E-state index in [1.165, 1.54) is 89.0 Å². The van der Waals surface area contributed by atoms with E-state index in [4.69, 9.17) is 0 Å². The van der Waals surface area contributed by atoms with E-state index in [1.54, 1.807) is 0 Å². The Labute approximate surface area is 167 Å². The first-order valence-electron chi connectivity index (χ1n) is 11.3. The molecule has 0 radical (unpaired) electrons. The molecule has 3 heteroatoms. The third-order valence-corrected chi connectivity index (χ3v) is 5.13. The van der Waals surface area contributed by atoms with E-state index in [0.29, 0.717) is 0 Å². The van der Waals surface area contributed by atoms with E-state index >= 15 is 0 Å². The Hall–Kier alpha value is -1.51. The topological polar surface area (TPSA) is 41.1 Å². The van der Waals surface area contributed by atoms with Gasteiger partial charge >= 0.3 is 6.03 Å². The molecule has 2 amide bonds. The van der Waals surface area contributed by atoms with E-state index in [9.17, 15) is 4.79 Å². The second-order valence-corrected chi connectivity index (χ2v) is 7.84. The van der Waals surface area contributed by atoms with Crippen molar-refractivity contribution in [3.8, 4) is 0 Å². The summed E-state index contributed by atoms with van der Waals surface area (Å²) < 4.78 is 0. The minimum Gasteiger partial charge on any atom is -0.338 e. The number of anilines is 1. The first-order valence-corrected chi connectivity index (χ1v) is 11.3. The summed E-state index contributed by atoms with van der Waals surface area (Å²) in [5.41, 5.74) is 2.04. The van der Waals surface area contributed by atoms with Crippen molar-refractivity contribution in [3.63, 3.8) is 0 Å². The van der Waals surface area contributed by atoms with Gasteiger partial charge in [-0.05, 0) is 25.5 Å². The summed E-state index contributed by atoms with van der Waals surface area (Å²) in [6, 6.07) is 7.77. The standard InChI is InChI=1S/C24H42N2O/c1-3-4-5-6-7-8-9-10-11-12-13-14-15-16-21-25-24(27)26-23-19-17-22(2)18-20-23/h17-20H,3-16,21H2,1-2H3,(H2,25,26,27). The molecule has 0 aliphatic carbocycles. The quantitative estimate of drug-likeness (QED) is 0.287. The van der Waals surface area contributed by atoms with Crippen LogP contribution in [0.4, 0.5) is 10.5 Å². The lowest BCUT2D eigenvalue weighted by Crippen LogP contribution is -2.29. The molecule has 0 atom stereocenters. The van der Waals surface area contributed by atoms with Gasteiger partial charge in [0.25, 0.3) is 0 Å². The Bertz CT molecular complexity index is 470. The maximum atomic E-state index is 11.8. The zero-order valence-corrected chi connectivity index (χ0v) is 17.8. The molecule has 0 aliphatic rings. The van der Waals surface area contributed by atoms with Crippen molar-refractivity contribution < 1.29 is 4.79 Å². The average Bonchev–Trinajstić information content (AvgIpc) is 2.66. The van der Waals surface area contributed by atoms with Crippen molar-refractivity contribution >= 4 is 11.7 Å². The van der Waals surface area contributed by atoms with Crippen molar-refractivity contribution in [2.24, 2.45) is 0 Å². The van der Waals surface area contributed by atoms with E-state index in [-0.39, 0.29) is 6.03 Å². The highest BCUT2D eigenvalue weighted by molar-refractivity contribution is 5.89. The smallest absolute Gasteiger partial charge is 0.319 e. The fourth-order valence-electron chi connectivity index (χ4n) is 3.33. The Morgan fingerprint density at radius 3 is 1.63 bits per heavy atom. The maximum absolute atomic E-state index is 11.8. The number of unbranched alkanes of at least 4 members (excludes halogenated alkanes) is 13. The number of aryl methyl sites for hydroxylation is 1. The fourth-order valence-corrected chi connectivity index (χ4v) is 3.33. The van der Waals surface area contributed by atoms with Crippen LogP contribution in [0.2, 0.25) is 0 Å². The van der Waals surface area contributed by atoms with Crippen LogP contribution in [0.25, 0.3) is 0 Å². The van der Waals surface area contributed by atoms with Crippen molar-refractivity contribution in [3.05, 3.63) is 29.8 Å². The van der Waals surface area contributed by atoms with Crippen LogP contribution in [-0.2, 0) is 0 Å². The largest absolute Gasteiger partial charge is 0.338 e. The van der Waals surface area contributed by atoms with E-state index < -0.39 is 0 Å². The number of hydrogen-bond donors (Lipinski definition) is 2. The summed E-state index contributed by atoms with van der Waals surface area (Å²) in [6.07, 6.45) is 19.0. The lowest BCUT2D eigenvalue weighted by Gasteiger charge is -2.08. The molecule has 0 unspecified atom stereocenters. The van der Waals surface area contributed by atoms with Gasteiger partial charge in [-0.15, -0.1) is 0 Å². The minimum absolute atomic E-state index is 0.103. The van der Waals surface area contributed by atoms with E-state index in [0.717, 1.165) is 18.7 Å². The van der Waals surface area contributed by atoms with Crippen molar-refractivity contribution in [2.45, 2.75) is 104 Å². The number of benzene rings is 1. The van der Waals surface area contributed by atoms with Gasteiger partial charge in [-0.2, -0.15) is 0 Å². The minimum atomic E-state index is -0.103. The SMILES string of the molecule is CCCCCCCCCCCCCCCCNC(=O)Nc1ccc(C)cc1. The Morgan fingerprint density at radius 2 is 1.15 bits per heavy atom. The van der Waals surface area contributed by atoms with Crippen LogP contribution < -0.4 is 10.6 Å². The summed E-state index contributed by atoms with van der Waals surface area (Å²) in [6.45, 7) is 5.08. The molecular weight excluding hydrogens is 332 g/mol. The molecule has 0 heterocycles. The summed E-state index contributed by atoms with van der Waals surface area (Å²) in [4.78, 5) is 11.8. The molecule has 0 aromatic heterocycles. The third kappa shape index (κ3) is 14.2. The average molecular weight is 375 g/mol. The molecule has 0 saturated heterocycles. The van der Waals surface area contributed by atoms with Crippen molar-refractivity contribution in [1.29, 1.82) is 0 Å². The second-order valence-electron chi connectivity index (χ2n) is 7.84. The number of carbonyl (C=O) groups is 1. The zero-order chi connectivity index (χ0) is 19.6. The molecular formula is C24H42N2O. The lowest BCUT2D eigenvalue weighted by molar-refractivity contribution is 0.252. The second kappa shape index (κ2) is 16.6. The van der Waals surface area contributed by atoms with Gasteiger partial charge < -0.3 is 10.6 Å². The third-order valence-electron chi connectivity index (χ3n) is 5.13. The normalized spacial score (nSPS) is 10.7. The van der Waals surface area contributed by atoms with Crippen LogP contribution in [0.3, 0.4) is 0 Å². The highest BCUT2D eigenvalue weighted by Crippen LogP contribution is 2.13. The molecule has 154 valence electrons. The van der Waals surface area contributed by atoms with Gasteiger partial charge in [-0.25, -0.2) is 4.79 Å². The van der Waals surface area contributed by atoms with Gasteiger partial charge in [-0.1, -0.05) is 108 Å². The zero-order valence-electron chi connectivity index (χ0n) is 17.8. The molecule has 0 spiro atoms. The maximum Gasteiger partial charge on any atom is 0.319 e. The van der Waals surface area contributed by atoms with Gasteiger partial charge in [0, 0.05) is 12.2 Å². The van der Waals surface area contributed by atoms with Gasteiger partial charge in [0.1, 0.15) is 0 Å². The van der Waals surface area contributed by atoms with Crippen LogP contribution in [-0.4, -0.2) is 12.6 Å². The number of nitrogens with one attached hydrogen (secondary N) is 2. The van der Waals surface area contributed by atoms with E-state index in [1.807, 2.05) is 31.2 Å². The molecule has 1 aromatic rings. The molecule has 0 saturated carbocycles. The Balaban J connectivity index is 1.81. The Morgan fingerprint density at radius 1 is 0.704 bits per heavy atom. The molecule has 1 aromatic carbocycles. The summed E-state index contributed by atoms with van der Waals surface area (Å²) >= 11 is 0. The Kier molecular flexibility index (Phi) is 14.5. The van der Waals surface area contributed by atoms with Gasteiger partial charge in [0.15, 0.2) is 0 Å². The molecule has 0 aliphatic heterocycles. The summed E-state index contributed by atoms with van der Waals surface area (Å²) in [5.74, 6) is 0. The number of amides is 2. The molecule has 0 fully saturated rings. The van der Waals surface area contributed by atoms with Gasteiger partial charge in [0.2, 0.25) is 0 Å². The summed E-state index contributed by atoms with van der Waals surface area (Å²) in [7, 11) is 0. The number of rotatable bonds is 16. The van der Waals surface area contributed by atoms with Crippen LogP contribution in [0.5, 0.6) is 0 Å². The van der Waals surface area contributed by atoms with Crippen LogP contribution in [0.1, 0.15) is 102 Å². The van der Waals surface area contributed by atoms with Crippen LogP contribution in [0, 0.1) is 6.92 Å². The fraction of sp³-hybridized carbons (Fsp3) is 0.708. The monoisotopic (exact) mass is 374 g/mol.